The first-order valence-electron chi connectivity index (χ1n) is 9.87. The Kier molecular flexibility index (Phi) is 4.59. The van der Waals surface area contributed by atoms with Crippen LogP contribution in [0.15, 0.2) is 12.3 Å². The number of rotatable bonds is 1. The second-order valence-electron chi connectivity index (χ2n) is 8.24. The van der Waals surface area contributed by atoms with Gasteiger partial charge in [-0.05, 0) is 37.2 Å². The Hall–Kier alpha value is -2.11. The first-order valence-corrected chi connectivity index (χ1v) is 9.87. The fourth-order valence-corrected chi connectivity index (χ4v) is 4.90. The van der Waals surface area contributed by atoms with Crippen molar-refractivity contribution in [1.82, 2.24) is 9.88 Å². The molecular formula is C20H28N4O2. The number of hydrogen-bond acceptors (Lipinski definition) is 4. The number of aromatic nitrogens is 1. The van der Waals surface area contributed by atoms with Crippen molar-refractivity contribution in [3.63, 3.8) is 0 Å². The van der Waals surface area contributed by atoms with Crippen molar-refractivity contribution in [2.75, 3.05) is 36.9 Å². The van der Waals surface area contributed by atoms with E-state index in [1.807, 2.05) is 16.8 Å². The van der Waals surface area contributed by atoms with Crippen LogP contribution in [0.25, 0.3) is 0 Å². The molecule has 0 atom stereocenters. The second-order valence-corrected chi connectivity index (χ2v) is 8.24. The quantitative estimate of drug-likeness (QED) is 0.840. The van der Waals surface area contributed by atoms with Crippen molar-refractivity contribution >= 4 is 23.3 Å². The Labute approximate surface area is 155 Å². The lowest BCUT2D eigenvalue weighted by Crippen LogP contribution is -2.46. The molecule has 1 saturated carbocycles. The molecule has 0 bridgehead atoms. The van der Waals surface area contributed by atoms with Gasteiger partial charge in [-0.25, -0.2) is 4.98 Å². The molecule has 0 aromatic carbocycles. The van der Waals surface area contributed by atoms with Gasteiger partial charge in [0.25, 0.3) is 5.91 Å². The predicted molar refractivity (Wildman–Crippen MR) is 101 cm³/mol. The van der Waals surface area contributed by atoms with Crippen LogP contribution in [-0.4, -0.2) is 48.4 Å². The highest BCUT2D eigenvalue weighted by molar-refractivity contribution is 6.02. The van der Waals surface area contributed by atoms with Gasteiger partial charge in [0.2, 0.25) is 5.91 Å². The third kappa shape index (κ3) is 3.29. The van der Waals surface area contributed by atoms with Crippen LogP contribution in [0, 0.1) is 5.41 Å². The Morgan fingerprint density at radius 1 is 1.15 bits per heavy atom. The van der Waals surface area contributed by atoms with E-state index in [2.05, 4.69) is 10.3 Å². The molecule has 2 amide bonds. The highest BCUT2D eigenvalue weighted by atomic mass is 16.2. The van der Waals surface area contributed by atoms with E-state index >= 15 is 0 Å². The van der Waals surface area contributed by atoms with Crippen LogP contribution in [0.3, 0.4) is 0 Å². The van der Waals surface area contributed by atoms with Gasteiger partial charge in [0, 0.05) is 26.3 Å². The summed E-state index contributed by atoms with van der Waals surface area (Å²) in [5, 5.41) is 2.84. The van der Waals surface area contributed by atoms with E-state index in [9.17, 15) is 9.59 Å². The summed E-state index contributed by atoms with van der Waals surface area (Å²) in [7, 11) is 1.84. The normalized spacial score (nSPS) is 22.6. The second kappa shape index (κ2) is 6.89. The van der Waals surface area contributed by atoms with Crippen LogP contribution in [0.1, 0.15) is 61.7 Å². The average Bonchev–Trinajstić information content (AvgIpc) is 2.86. The van der Waals surface area contributed by atoms with Gasteiger partial charge in [-0.3, -0.25) is 9.59 Å². The summed E-state index contributed by atoms with van der Waals surface area (Å²) in [4.78, 5) is 33.2. The van der Waals surface area contributed by atoms with Crippen LogP contribution in [-0.2, 0) is 4.79 Å². The van der Waals surface area contributed by atoms with E-state index < -0.39 is 0 Å². The number of carbonyl (C=O) groups is 2. The van der Waals surface area contributed by atoms with Crippen LogP contribution in [0.2, 0.25) is 0 Å². The van der Waals surface area contributed by atoms with Crippen molar-refractivity contribution in [1.29, 1.82) is 0 Å². The van der Waals surface area contributed by atoms with E-state index in [-0.39, 0.29) is 11.8 Å². The minimum Gasteiger partial charge on any atom is -0.349 e. The Bertz CT molecular complexity index is 710. The lowest BCUT2D eigenvalue weighted by Gasteiger charge is -2.43. The SMILES string of the molecule is CN1CC(=O)Nc2cc(C(=O)N3CCCC4(CCCCCC4)C3)cnc21. The summed E-state index contributed by atoms with van der Waals surface area (Å²) in [5.74, 6) is 0.702. The molecule has 1 aromatic rings. The Balaban J connectivity index is 1.54. The van der Waals surface area contributed by atoms with Crippen molar-refractivity contribution in [3.8, 4) is 0 Å². The number of hydrogen-bond donors (Lipinski definition) is 1. The van der Waals surface area contributed by atoms with Crippen LogP contribution < -0.4 is 10.2 Å². The number of piperidine rings is 1. The smallest absolute Gasteiger partial charge is 0.255 e. The Morgan fingerprint density at radius 3 is 2.65 bits per heavy atom. The van der Waals surface area contributed by atoms with Gasteiger partial charge in [0.1, 0.15) is 0 Å². The number of carbonyl (C=O) groups excluding carboxylic acids is 2. The molecule has 1 aromatic heterocycles. The maximum absolute atomic E-state index is 13.1. The molecule has 1 N–H and O–H groups in total. The van der Waals surface area contributed by atoms with Crippen molar-refractivity contribution < 1.29 is 9.59 Å². The zero-order chi connectivity index (χ0) is 18.1. The third-order valence-corrected chi connectivity index (χ3v) is 6.24. The standard InChI is InChI=1S/C20H28N4O2/c1-23-13-17(25)22-16-11-15(12-21-18(16)23)19(26)24-10-6-9-20(14-24)7-4-2-3-5-8-20/h11-12H,2-10,13-14H2,1H3,(H,22,25). The lowest BCUT2D eigenvalue weighted by atomic mass is 9.74. The molecule has 0 radical (unpaired) electrons. The molecule has 1 saturated heterocycles. The van der Waals surface area contributed by atoms with Gasteiger partial charge in [-0.2, -0.15) is 0 Å². The number of pyridine rings is 1. The molecule has 1 spiro atoms. The number of nitrogens with one attached hydrogen (secondary N) is 1. The van der Waals surface area contributed by atoms with Crippen LogP contribution in [0.5, 0.6) is 0 Å². The average molecular weight is 356 g/mol. The molecule has 2 fully saturated rings. The topological polar surface area (TPSA) is 65.5 Å². The Morgan fingerprint density at radius 2 is 1.88 bits per heavy atom. The van der Waals surface area contributed by atoms with Gasteiger partial charge in [-0.15, -0.1) is 0 Å². The first-order chi connectivity index (χ1) is 12.6. The summed E-state index contributed by atoms with van der Waals surface area (Å²) in [5.41, 5.74) is 1.53. The zero-order valence-corrected chi connectivity index (χ0v) is 15.6. The van der Waals surface area contributed by atoms with Gasteiger partial charge in [-0.1, -0.05) is 25.7 Å². The molecule has 6 heteroatoms. The summed E-state index contributed by atoms with van der Waals surface area (Å²) < 4.78 is 0. The zero-order valence-electron chi connectivity index (χ0n) is 15.6. The van der Waals surface area contributed by atoms with Crippen molar-refractivity contribution in [2.24, 2.45) is 5.41 Å². The van der Waals surface area contributed by atoms with Crippen LogP contribution >= 0.6 is 0 Å². The first kappa shape index (κ1) is 17.3. The monoisotopic (exact) mass is 356 g/mol. The van der Waals surface area contributed by atoms with E-state index in [4.69, 9.17) is 0 Å². The number of anilines is 2. The maximum atomic E-state index is 13.1. The minimum absolute atomic E-state index is 0.0473. The molecule has 4 rings (SSSR count). The largest absolute Gasteiger partial charge is 0.349 e. The minimum atomic E-state index is -0.0678. The fourth-order valence-electron chi connectivity index (χ4n) is 4.90. The maximum Gasteiger partial charge on any atom is 0.255 e. The van der Waals surface area contributed by atoms with E-state index in [1.165, 1.54) is 44.9 Å². The molecule has 1 aliphatic carbocycles. The number of likely N-dealkylation sites (tertiary alicyclic amines) is 1. The summed E-state index contributed by atoms with van der Waals surface area (Å²) in [6.45, 7) is 1.99. The highest BCUT2D eigenvalue weighted by Crippen LogP contribution is 2.42. The molecule has 140 valence electrons. The molecule has 26 heavy (non-hydrogen) atoms. The van der Waals surface area contributed by atoms with Gasteiger partial charge < -0.3 is 15.1 Å². The lowest BCUT2D eigenvalue weighted by molar-refractivity contribution is -0.115. The van der Waals surface area contributed by atoms with Crippen molar-refractivity contribution in [2.45, 2.75) is 51.4 Å². The predicted octanol–water partition coefficient (Wildman–Crippen LogP) is 3.05. The van der Waals surface area contributed by atoms with E-state index in [1.54, 1.807) is 12.3 Å². The van der Waals surface area contributed by atoms with Crippen LogP contribution in [0.4, 0.5) is 11.5 Å². The fraction of sp³-hybridized carbons (Fsp3) is 0.650. The van der Waals surface area contributed by atoms with E-state index in [0.717, 1.165) is 25.3 Å². The molecule has 3 heterocycles. The summed E-state index contributed by atoms with van der Waals surface area (Å²) >= 11 is 0. The van der Waals surface area contributed by atoms with Gasteiger partial charge in [0.05, 0.1) is 17.8 Å². The molecule has 2 aliphatic heterocycles. The van der Waals surface area contributed by atoms with Gasteiger partial charge >= 0.3 is 0 Å². The highest BCUT2D eigenvalue weighted by Gasteiger charge is 2.37. The van der Waals surface area contributed by atoms with Gasteiger partial charge in [0.15, 0.2) is 5.82 Å². The summed E-state index contributed by atoms with van der Waals surface area (Å²) in [6.07, 6.45) is 11.7. The number of likely N-dealkylation sites (N-methyl/N-ethyl adjacent to an activating group) is 1. The molecular weight excluding hydrogens is 328 g/mol. The number of fused-ring (bicyclic) bond motifs is 1. The summed E-state index contributed by atoms with van der Waals surface area (Å²) in [6, 6.07) is 1.78. The number of amides is 2. The van der Waals surface area contributed by atoms with E-state index in [0.29, 0.717) is 23.2 Å². The molecule has 3 aliphatic rings. The third-order valence-electron chi connectivity index (χ3n) is 6.24. The van der Waals surface area contributed by atoms with Crippen molar-refractivity contribution in [3.05, 3.63) is 17.8 Å². The molecule has 6 nitrogen and oxygen atoms in total. The molecule has 0 unspecified atom stereocenters. The number of nitrogens with zero attached hydrogens (tertiary/aromatic N) is 3.